The van der Waals surface area contributed by atoms with Gasteiger partial charge < -0.3 is 10.6 Å². The summed E-state index contributed by atoms with van der Waals surface area (Å²) in [7, 11) is 1.90. The Balaban J connectivity index is 1.69. The van der Waals surface area contributed by atoms with Crippen molar-refractivity contribution in [2.45, 2.75) is 26.8 Å². The van der Waals surface area contributed by atoms with Gasteiger partial charge in [0, 0.05) is 36.4 Å². The quantitative estimate of drug-likeness (QED) is 0.767. The van der Waals surface area contributed by atoms with E-state index in [0.29, 0.717) is 5.69 Å². The molecule has 7 heteroatoms. The Morgan fingerprint density at radius 2 is 2.04 bits per heavy atom. The topological polar surface area (TPSA) is 76.8 Å². The number of carbonyl (C=O) groups is 1. The van der Waals surface area contributed by atoms with Crippen molar-refractivity contribution < 1.29 is 4.79 Å². The highest BCUT2D eigenvalue weighted by atomic mass is 16.2. The minimum atomic E-state index is -0.257. The van der Waals surface area contributed by atoms with Crippen LogP contribution in [0.15, 0.2) is 42.7 Å². The molecule has 2 N–H and O–H groups in total. The lowest BCUT2D eigenvalue weighted by molar-refractivity contribution is 0.249. The van der Waals surface area contributed by atoms with E-state index in [4.69, 9.17) is 0 Å². The van der Waals surface area contributed by atoms with Crippen molar-refractivity contribution in [2.75, 3.05) is 5.32 Å². The first kappa shape index (κ1) is 16.8. The lowest BCUT2D eigenvalue weighted by Crippen LogP contribution is -2.31. The maximum atomic E-state index is 12.4. The molecule has 0 bridgehead atoms. The van der Waals surface area contributed by atoms with E-state index in [1.807, 2.05) is 69.0 Å². The molecule has 25 heavy (non-hydrogen) atoms. The van der Waals surface area contributed by atoms with E-state index in [-0.39, 0.29) is 12.1 Å². The fourth-order valence-electron chi connectivity index (χ4n) is 3.00. The van der Waals surface area contributed by atoms with Gasteiger partial charge in [0.2, 0.25) is 0 Å². The van der Waals surface area contributed by atoms with Crippen molar-refractivity contribution in [3.63, 3.8) is 0 Å². The molecule has 0 fully saturated rings. The van der Waals surface area contributed by atoms with Gasteiger partial charge in [-0.1, -0.05) is 6.07 Å². The standard InChI is InChI=1S/C18H22N6O/c1-12(17-13(2)22-23(4)14(17)3)20-18(25)21-15-7-5-8-16(11-15)24-10-6-9-19-24/h5-12H,1-4H3,(H2,20,21,25). The van der Waals surface area contributed by atoms with E-state index in [2.05, 4.69) is 20.8 Å². The number of aromatic nitrogens is 4. The highest BCUT2D eigenvalue weighted by Crippen LogP contribution is 2.21. The van der Waals surface area contributed by atoms with Gasteiger partial charge in [-0.15, -0.1) is 0 Å². The SMILES string of the molecule is Cc1nn(C)c(C)c1C(C)NC(=O)Nc1cccc(-n2cccn2)c1. The maximum Gasteiger partial charge on any atom is 0.319 e. The predicted octanol–water partition coefficient (Wildman–Crippen LogP) is 3.11. The van der Waals surface area contributed by atoms with Crippen LogP contribution in [0.1, 0.15) is 29.9 Å². The first-order valence-electron chi connectivity index (χ1n) is 8.13. The number of nitrogens with one attached hydrogen (secondary N) is 2. The number of hydrogen-bond donors (Lipinski definition) is 2. The lowest BCUT2D eigenvalue weighted by atomic mass is 10.1. The second-order valence-electron chi connectivity index (χ2n) is 6.03. The Kier molecular flexibility index (Phi) is 4.56. The molecular weight excluding hydrogens is 316 g/mol. The molecule has 2 aromatic heterocycles. The number of amides is 2. The van der Waals surface area contributed by atoms with E-state index in [9.17, 15) is 4.79 Å². The number of hydrogen-bond acceptors (Lipinski definition) is 3. The van der Waals surface area contributed by atoms with Gasteiger partial charge in [0.25, 0.3) is 0 Å². The van der Waals surface area contributed by atoms with E-state index in [1.165, 1.54) is 0 Å². The number of aryl methyl sites for hydroxylation is 2. The van der Waals surface area contributed by atoms with Gasteiger partial charge in [-0.05, 0) is 45.0 Å². The van der Waals surface area contributed by atoms with Crippen LogP contribution in [0.2, 0.25) is 0 Å². The smallest absolute Gasteiger partial charge is 0.319 e. The van der Waals surface area contributed by atoms with Gasteiger partial charge in [0.15, 0.2) is 0 Å². The summed E-state index contributed by atoms with van der Waals surface area (Å²) in [5, 5.41) is 14.4. The number of anilines is 1. The monoisotopic (exact) mass is 338 g/mol. The average Bonchev–Trinajstić information content (AvgIpc) is 3.16. The number of carbonyl (C=O) groups excluding carboxylic acids is 1. The number of benzene rings is 1. The molecule has 0 aliphatic rings. The Labute approximate surface area is 146 Å². The number of urea groups is 1. The third-order valence-corrected chi connectivity index (χ3v) is 4.22. The van der Waals surface area contributed by atoms with Gasteiger partial charge in [0.1, 0.15) is 0 Å². The molecule has 0 spiro atoms. The summed E-state index contributed by atoms with van der Waals surface area (Å²) in [4.78, 5) is 12.4. The molecule has 2 amide bonds. The highest BCUT2D eigenvalue weighted by molar-refractivity contribution is 5.89. The Hall–Kier alpha value is -3.09. The molecule has 7 nitrogen and oxygen atoms in total. The normalized spacial score (nSPS) is 12.0. The van der Waals surface area contributed by atoms with Crippen molar-refractivity contribution in [3.8, 4) is 5.69 Å². The van der Waals surface area contributed by atoms with Gasteiger partial charge in [-0.2, -0.15) is 10.2 Å². The zero-order chi connectivity index (χ0) is 18.0. The molecule has 3 aromatic rings. The van der Waals surface area contributed by atoms with Crippen LogP contribution in [0.3, 0.4) is 0 Å². The maximum absolute atomic E-state index is 12.4. The van der Waals surface area contributed by atoms with Crippen molar-refractivity contribution >= 4 is 11.7 Å². The molecule has 2 heterocycles. The van der Waals surface area contributed by atoms with Gasteiger partial charge in [-0.25, -0.2) is 9.48 Å². The molecule has 0 radical (unpaired) electrons. The molecule has 0 aliphatic heterocycles. The van der Waals surface area contributed by atoms with E-state index in [1.54, 1.807) is 10.9 Å². The molecule has 1 aromatic carbocycles. The summed E-state index contributed by atoms with van der Waals surface area (Å²) >= 11 is 0. The summed E-state index contributed by atoms with van der Waals surface area (Å²) in [6.45, 7) is 5.90. The van der Waals surface area contributed by atoms with Gasteiger partial charge in [-0.3, -0.25) is 4.68 Å². The van der Waals surface area contributed by atoms with Crippen LogP contribution >= 0.6 is 0 Å². The van der Waals surface area contributed by atoms with Gasteiger partial charge in [0.05, 0.1) is 17.4 Å². The molecule has 0 saturated heterocycles. The largest absolute Gasteiger partial charge is 0.331 e. The number of nitrogens with zero attached hydrogens (tertiary/aromatic N) is 4. The summed E-state index contributed by atoms with van der Waals surface area (Å²) in [5.41, 5.74) is 4.61. The van der Waals surface area contributed by atoms with Crippen LogP contribution in [0.5, 0.6) is 0 Å². The van der Waals surface area contributed by atoms with Crippen molar-refractivity contribution in [1.29, 1.82) is 0 Å². The van der Waals surface area contributed by atoms with Crippen LogP contribution < -0.4 is 10.6 Å². The van der Waals surface area contributed by atoms with E-state index >= 15 is 0 Å². The Bertz CT molecular complexity index is 881. The third kappa shape index (κ3) is 3.55. The minimum Gasteiger partial charge on any atom is -0.331 e. The third-order valence-electron chi connectivity index (χ3n) is 4.22. The molecule has 130 valence electrons. The molecule has 0 aliphatic carbocycles. The number of rotatable bonds is 4. The van der Waals surface area contributed by atoms with Gasteiger partial charge >= 0.3 is 6.03 Å². The fourth-order valence-corrected chi connectivity index (χ4v) is 3.00. The summed E-state index contributed by atoms with van der Waals surface area (Å²) in [6, 6.07) is 8.99. The molecule has 3 rings (SSSR count). The van der Waals surface area contributed by atoms with Crippen LogP contribution in [-0.2, 0) is 7.05 Å². The fraction of sp³-hybridized carbons (Fsp3) is 0.278. The van der Waals surface area contributed by atoms with Crippen LogP contribution in [-0.4, -0.2) is 25.6 Å². The van der Waals surface area contributed by atoms with Crippen molar-refractivity contribution in [2.24, 2.45) is 7.05 Å². The molecule has 1 unspecified atom stereocenters. The summed E-state index contributed by atoms with van der Waals surface area (Å²) < 4.78 is 3.57. The van der Waals surface area contributed by atoms with Crippen molar-refractivity contribution in [3.05, 3.63) is 59.7 Å². The first-order valence-corrected chi connectivity index (χ1v) is 8.13. The van der Waals surface area contributed by atoms with Crippen LogP contribution in [0, 0.1) is 13.8 Å². The zero-order valence-corrected chi connectivity index (χ0v) is 14.8. The Morgan fingerprint density at radius 3 is 2.68 bits per heavy atom. The Morgan fingerprint density at radius 1 is 1.24 bits per heavy atom. The van der Waals surface area contributed by atoms with E-state index in [0.717, 1.165) is 22.6 Å². The second kappa shape index (κ2) is 6.80. The lowest BCUT2D eigenvalue weighted by Gasteiger charge is -2.16. The summed E-state index contributed by atoms with van der Waals surface area (Å²) in [6.07, 6.45) is 3.57. The summed E-state index contributed by atoms with van der Waals surface area (Å²) in [5.74, 6) is 0. The minimum absolute atomic E-state index is 0.136. The van der Waals surface area contributed by atoms with Crippen LogP contribution in [0.4, 0.5) is 10.5 Å². The van der Waals surface area contributed by atoms with Crippen LogP contribution in [0.25, 0.3) is 5.69 Å². The molecule has 0 saturated carbocycles. The highest BCUT2D eigenvalue weighted by Gasteiger charge is 2.18. The van der Waals surface area contributed by atoms with Crippen molar-refractivity contribution in [1.82, 2.24) is 24.9 Å². The van der Waals surface area contributed by atoms with E-state index < -0.39 is 0 Å². The average molecular weight is 338 g/mol. The predicted molar refractivity (Wildman–Crippen MR) is 96.8 cm³/mol. The molecular formula is C18H22N6O. The second-order valence-corrected chi connectivity index (χ2v) is 6.03. The first-order chi connectivity index (χ1) is 12.0. The molecule has 1 atom stereocenters. The zero-order valence-electron chi connectivity index (χ0n) is 14.8.